The van der Waals surface area contributed by atoms with Gasteiger partial charge in [-0.3, -0.25) is 4.79 Å². The smallest absolute Gasteiger partial charge is 0.340 e. The maximum absolute atomic E-state index is 12.4. The molecule has 2 unspecified atom stereocenters. The summed E-state index contributed by atoms with van der Waals surface area (Å²) < 4.78 is 4.93. The van der Waals surface area contributed by atoms with E-state index >= 15 is 0 Å². The number of methoxy groups -OCH3 is 1. The second-order valence-corrected chi connectivity index (χ2v) is 7.55. The average molecular weight is 343 g/mol. The lowest BCUT2D eigenvalue weighted by molar-refractivity contribution is -0.124. The molecule has 0 radical (unpaired) electrons. The number of amides is 1. The summed E-state index contributed by atoms with van der Waals surface area (Å²) in [6.07, 6.45) is 2.85. The van der Waals surface area contributed by atoms with Crippen molar-refractivity contribution in [1.82, 2.24) is 10.3 Å². The molecule has 25 heavy (non-hydrogen) atoms. The molecule has 0 spiro atoms. The summed E-state index contributed by atoms with van der Waals surface area (Å²) in [5.74, 6) is 0.324. The van der Waals surface area contributed by atoms with Crippen molar-refractivity contribution in [3.63, 3.8) is 0 Å². The van der Waals surface area contributed by atoms with Crippen LogP contribution in [0.15, 0.2) is 11.1 Å². The maximum Gasteiger partial charge on any atom is 0.340 e. The van der Waals surface area contributed by atoms with Crippen LogP contribution in [0, 0.1) is 11.8 Å². The van der Waals surface area contributed by atoms with Crippen LogP contribution < -0.4 is 5.32 Å². The van der Waals surface area contributed by atoms with Crippen molar-refractivity contribution in [2.45, 2.75) is 52.5 Å². The first-order chi connectivity index (χ1) is 11.8. The third-order valence-corrected chi connectivity index (χ3v) is 5.43. The Balaban J connectivity index is 2.13. The highest BCUT2D eigenvalue weighted by molar-refractivity contribution is 6.17. The molecule has 0 fully saturated rings. The first-order valence-electron chi connectivity index (χ1n) is 8.79. The maximum atomic E-state index is 12.4. The molecule has 3 rings (SSSR count). The normalized spacial score (nSPS) is 25.4. The Kier molecular flexibility index (Phi) is 4.39. The summed E-state index contributed by atoms with van der Waals surface area (Å²) in [5.41, 5.74) is 1.99. The number of nitrogens with zero attached hydrogens (tertiary/aromatic N) is 2. The lowest BCUT2D eigenvalue weighted by Crippen LogP contribution is -2.41. The van der Waals surface area contributed by atoms with Crippen LogP contribution in [0.25, 0.3) is 0 Å². The molecular formula is C19H25N3O3. The van der Waals surface area contributed by atoms with Gasteiger partial charge in [-0.25, -0.2) is 14.8 Å². The standard InChI is InChI=1S/C19H25N3O3/c1-10(2)19(4)18(24)21-16(22-19)15-13(17(23)25-5)9-12-7-6-11(3)8-14(12)20-15/h9-11H,6-8H2,1-5H3,(H,21,22,24). The minimum atomic E-state index is -0.854. The number of aromatic nitrogens is 1. The summed E-state index contributed by atoms with van der Waals surface area (Å²) in [5, 5.41) is 2.82. The molecule has 0 saturated carbocycles. The van der Waals surface area contributed by atoms with Gasteiger partial charge in [-0.15, -0.1) is 0 Å². The summed E-state index contributed by atoms with van der Waals surface area (Å²) in [6, 6.07) is 1.86. The number of nitrogens with one attached hydrogen (secondary N) is 1. The molecule has 1 amide bonds. The second kappa shape index (κ2) is 6.24. The lowest BCUT2D eigenvalue weighted by atomic mass is 9.87. The summed E-state index contributed by atoms with van der Waals surface area (Å²) in [7, 11) is 1.35. The van der Waals surface area contributed by atoms with Crippen molar-refractivity contribution in [3.05, 3.63) is 28.6 Å². The van der Waals surface area contributed by atoms with Crippen LogP contribution in [0.1, 0.15) is 61.4 Å². The zero-order chi connectivity index (χ0) is 18.4. The van der Waals surface area contributed by atoms with Gasteiger partial charge in [0, 0.05) is 5.69 Å². The SMILES string of the molecule is COC(=O)c1cc2c(nc1C1=NC(C)(C(C)C)C(=O)N1)CC(C)CC2. The van der Waals surface area contributed by atoms with Gasteiger partial charge in [0.1, 0.15) is 11.2 Å². The molecule has 1 N–H and O–H groups in total. The Hall–Kier alpha value is -2.24. The molecule has 0 bridgehead atoms. The third-order valence-electron chi connectivity index (χ3n) is 5.43. The Morgan fingerprint density at radius 1 is 1.44 bits per heavy atom. The predicted octanol–water partition coefficient (Wildman–Crippen LogP) is 2.28. The van der Waals surface area contributed by atoms with Crippen LogP contribution in [-0.4, -0.2) is 35.3 Å². The first kappa shape index (κ1) is 17.6. The number of carbonyl (C=O) groups is 2. The van der Waals surface area contributed by atoms with Crippen LogP contribution in [-0.2, 0) is 22.4 Å². The molecule has 2 atom stereocenters. The fraction of sp³-hybridized carbons (Fsp3) is 0.579. The van der Waals surface area contributed by atoms with Crippen molar-refractivity contribution >= 4 is 17.7 Å². The van der Waals surface area contributed by atoms with E-state index in [4.69, 9.17) is 9.72 Å². The fourth-order valence-electron chi connectivity index (χ4n) is 3.31. The molecule has 134 valence electrons. The molecule has 0 saturated heterocycles. The predicted molar refractivity (Wildman–Crippen MR) is 94.7 cm³/mol. The van der Waals surface area contributed by atoms with E-state index in [-0.39, 0.29) is 11.8 Å². The van der Waals surface area contributed by atoms with Gasteiger partial charge >= 0.3 is 5.97 Å². The zero-order valence-electron chi connectivity index (χ0n) is 15.5. The van der Waals surface area contributed by atoms with Crippen LogP contribution >= 0.6 is 0 Å². The van der Waals surface area contributed by atoms with E-state index in [0.717, 1.165) is 30.5 Å². The minimum Gasteiger partial charge on any atom is -0.465 e. The van der Waals surface area contributed by atoms with Crippen molar-refractivity contribution < 1.29 is 14.3 Å². The highest BCUT2D eigenvalue weighted by Gasteiger charge is 2.43. The number of carbonyl (C=O) groups excluding carboxylic acids is 2. The Bertz CT molecular complexity index is 769. The Labute approximate surface area is 148 Å². The van der Waals surface area contributed by atoms with E-state index in [1.54, 1.807) is 6.92 Å². The third kappa shape index (κ3) is 2.94. The molecule has 1 aromatic rings. The van der Waals surface area contributed by atoms with E-state index in [1.165, 1.54) is 7.11 Å². The molecule has 0 aromatic carbocycles. The number of amidine groups is 1. The van der Waals surface area contributed by atoms with Gasteiger partial charge in [0.05, 0.1) is 12.7 Å². The minimum absolute atomic E-state index is 0.0317. The van der Waals surface area contributed by atoms with Crippen molar-refractivity contribution in [2.24, 2.45) is 16.8 Å². The number of fused-ring (bicyclic) bond motifs is 1. The highest BCUT2D eigenvalue weighted by Crippen LogP contribution is 2.30. The number of aryl methyl sites for hydroxylation is 1. The van der Waals surface area contributed by atoms with Gasteiger partial charge in [0.2, 0.25) is 0 Å². The monoisotopic (exact) mass is 343 g/mol. The van der Waals surface area contributed by atoms with E-state index in [9.17, 15) is 9.59 Å². The number of hydrogen-bond acceptors (Lipinski definition) is 5. The van der Waals surface area contributed by atoms with Crippen LogP contribution in [0.4, 0.5) is 0 Å². The molecule has 6 heteroatoms. The van der Waals surface area contributed by atoms with E-state index in [0.29, 0.717) is 23.0 Å². The molecule has 1 aliphatic heterocycles. The number of esters is 1. The number of rotatable bonds is 3. The first-order valence-corrected chi connectivity index (χ1v) is 8.79. The van der Waals surface area contributed by atoms with E-state index in [2.05, 4.69) is 17.2 Å². The summed E-state index contributed by atoms with van der Waals surface area (Å²) in [4.78, 5) is 34.1. The van der Waals surface area contributed by atoms with Gasteiger partial charge in [-0.2, -0.15) is 0 Å². The van der Waals surface area contributed by atoms with Gasteiger partial charge in [0.25, 0.3) is 5.91 Å². The fourth-order valence-corrected chi connectivity index (χ4v) is 3.31. The summed E-state index contributed by atoms with van der Waals surface area (Å²) in [6.45, 7) is 7.91. The van der Waals surface area contributed by atoms with Crippen LogP contribution in [0.2, 0.25) is 0 Å². The number of hydrogen-bond donors (Lipinski definition) is 1. The van der Waals surface area contributed by atoms with E-state index in [1.807, 2.05) is 19.9 Å². The average Bonchev–Trinajstić information content (AvgIpc) is 2.89. The Morgan fingerprint density at radius 3 is 2.76 bits per heavy atom. The lowest BCUT2D eigenvalue weighted by Gasteiger charge is -2.22. The largest absolute Gasteiger partial charge is 0.465 e. The Morgan fingerprint density at radius 2 is 2.16 bits per heavy atom. The molecule has 2 aliphatic rings. The molecular weight excluding hydrogens is 318 g/mol. The highest BCUT2D eigenvalue weighted by atomic mass is 16.5. The van der Waals surface area contributed by atoms with Gasteiger partial charge in [-0.1, -0.05) is 20.8 Å². The zero-order valence-corrected chi connectivity index (χ0v) is 15.5. The summed E-state index contributed by atoms with van der Waals surface area (Å²) >= 11 is 0. The van der Waals surface area contributed by atoms with Crippen LogP contribution in [0.5, 0.6) is 0 Å². The topological polar surface area (TPSA) is 80.7 Å². The van der Waals surface area contributed by atoms with Crippen molar-refractivity contribution in [1.29, 1.82) is 0 Å². The number of aliphatic imine (C=N–C) groups is 1. The molecule has 6 nitrogen and oxygen atoms in total. The molecule has 1 aromatic heterocycles. The van der Waals surface area contributed by atoms with Crippen LogP contribution in [0.3, 0.4) is 0 Å². The van der Waals surface area contributed by atoms with Gasteiger partial charge in [0.15, 0.2) is 5.84 Å². The number of pyridine rings is 1. The molecule has 2 heterocycles. The second-order valence-electron chi connectivity index (χ2n) is 7.55. The molecule has 1 aliphatic carbocycles. The van der Waals surface area contributed by atoms with Crippen molar-refractivity contribution in [2.75, 3.05) is 7.11 Å². The quantitative estimate of drug-likeness (QED) is 0.854. The number of ether oxygens (including phenoxy) is 1. The van der Waals surface area contributed by atoms with Gasteiger partial charge in [-0.05, 0) is 49.7 Å². The van der Waals surface area contributed by atoms with Crippen molar-refractivity contribution in [3.8, 4) is 0 Å². The van der Waals surface area contributed by atoms with E-state index < -0.39 is 11.5 Å². The van der Waals surface area contributed by atoms with Gasteiger partial charge < -0.3 is 10.1 Å².